The molecule has 0 spiro atoms. The highest BCUT2D eigenvalue weighted by Gasteiger charge is 2.36. The molecule has 7 heteroatoms. The number of methoxy groups -OCH3 is 2. The number of rotatable bonds is 10. The van der Waals surface area contributed by atoms with Gasteiger partial charge in [-0.3, -0.25) is 9.69 Å². The van der Waals surface area contributed by atoms with Crippen LogP contribution < -0.4 is 4.74 Å². The van der Waals surface area contributed by atoms with Crippen LogP contribution in [0.4, 0.5) is 8.78 Å². The molecule has 0 radical (unpaired) electrons. The number of halogens is 2. The Morgan fingerprint density at radius 2 is 1.91 bits per heavy atom. The highest BCUT2D eigenvalue weighted by atomic mass is 19.2. The number of hydrogen-bond donors (Lipinski definition) is 0. The second-order valence-corrected chi connectivity index (χ2v) is 9.21. The second-order valence-electron chi connectivity index (χ2n) is 9.21. The molecule has 2 atom stereocenters. The summed E-state index contributed by atoms with van der Waals surface area (Å²) in [6.07, 6.45) is 0. The van der Waals surface area contributed by atoms with Crippen molar-refractivity contribution < 1.29 is 23.0 Å². The van der Waals surface area contributed by atoms with Crippen molar-refractivity contribution in [2.75, 3.05) is 47.0 Å². The van der Waals surface area contributed by atoms with E-state index in [1.165, 1.54) is 19.2 Å². The maximum atomic E-state index is 13.7. The van der Waals surface area contributed by atoms with Gasteiger partial charge in [0.25, 0.3) is 0 Å². The minimum absolute atomic E-state index is 0.0188. The summed E-state index contributed by atoms with van der Waals surface area (Å²) in [7, 11) is 3.18. The Bertz CT molecular complexity index is 938. The first-order chi connectivity index (χ1) is 15.8. The fraction of sp³-hybridized carbons (Fsp3) is 0.500. The van der Waals surface area contributed by atoms with Crippen molar-refractivity contribution in [3.63, 3.8) is 0 Å². The first kappa shape index (κ1) is 25.1. The molecular weight excluding hydrogens is 426 g/mol. The average Bonchev–Trinajstić information content (AvgIpc) is 3.18. The van der Waals surface area contributed by atoms with Crippen LogP contribution in [-0.2, 0) is 16.1 Å². The van der Waals surface area contributed by atoms with Gasteiger partial charge < -0.3 is 14.4 Å². The van der Waals surface area contributed by atoms with Crippen molar-refractivity contribution in [3.8, 4) is 5.75 Å². The van der Waals surface area contributed by atoms with E-state index in [0.717, 1.165) is 30.0 Å². The van der Waals surface area contributed by atoms with E-state index < -0.39 is 11.6 Å². The van der Waals surface area contributed by atoms with E-state index in [0.29, 0.717) is 25.6 Å². The number of likely N-dealkylation sites (tertiary alicyclic amines) is 1. The van der Waals surface area contributed by atoms with Gasteiger partial charge >= 0.3 is 0 Å². The molecule has 1 aliphatic rings. The molecule has 1 heterocycles. The van der Waals surface area contributed by atoms with Gasteiger partial charge in [0.2, 0.25) is 5.91 Å². The summed E-state index contributed by atoms with van der Waals surface area (Å²) in [6, 6.07) is 12.1. The van der Waals surface area contributed by atoms with E-state index >= 15 is 0 Å². The van der Waals surface area contributed by atoms with E-state index in [4.69, 9.17) is 9.47 Å². The Balaban J connectivity index is 1.84. The molecule has 0 N–H and O–H groups in total. The zero-order chi connectivity index (χ0) is 24.0. The molecular formula is C26H34F2N2O3. The van der Waals surface area contributed by atoms with Crippen molar-refractivity contribution in [2.45, 2.75) is 26.3 Å². The maximum absolute atomic E-state index is 13.7. The van der Waals surface area contributed by atoms with E-state index in [-0.39, 0.29) is 24.3 Å². The molecule has 0 bridgehead atoms. The van der Waals surface area contributed by atoms with Crippen molar-refractivity contribution in [1.29, 1.82) is 0 Å². The maximum Gasteiger partial charge on any atom is 0.248 e. The van der Waals surface area contributed by atoms with Gasteiger partial charge in [0, 0.05) is 45.8 Å². The Morgan fingerprint density at radius 1 is 1.12 bits per heavy atom. The standard InChI is InChI=1S/C26H34F2N2O3/c1-18(2)12-30(26(31)17-32-3)15-21-14-29(13-19-8-9-24(27)25(28)10-19)16-23(21)20-6-5-7-22(11-20)33-4/h5-11,18,21,23H,12-17H2,1-4H3/t21-,23-/m0/s1. The minimum atomic E-state index is -0.840. The number of nitrogens with zero attached hydrogens (tertiary/aromatic N) is 2. The molecule has 1 fully saturated rings. The van der Waals surface area contributed by atoms with Crippen LogP contribution in [0, 0.1) is 23.5 Å². The van der Waals surface area contributed by atoms with Gasteiger partial charge in [-0.2, -0.15) is 0 Å². The van der Waals surface area contributed by atoms with Crippen LogP contribution in [0.15, 0.2) is 42.5 Å². The summed E-state index contributed by atoms with van der Waals surface area (Å²) in [4.78, 5) is 16.9. The highest BCUT2D eigenvalue weighted by Crippen LogP contribution is 2.35. The first-order valence-corrected chi connectivity index (χ1v) is 11.4. The predicted molar refractivity (Wildman–Crippen MR) is 124 cm³/mol. The van der Waals surface area contributed by atoms with Gasteiger partial charge in [-0.1, -0.05) is 32.0 Å². The molecule has 1 aliphatic heterocycles. The number of amides is 1. The molecule has 0 saturated carbocycles. The molecule has 1 amide bonds. The lowest BCUT2D eigenvalue weighted by Gasteiger charge is -2.30. The van der Waals surface area contributed by atoms with E-state index in [1.807, 2.05) is 23.1 Å². The van der Waals surface area contributed by atoms with Gasteiger partial charge in [-0.05, 0) is 47.2 Å². The molecule has 5 nitrogen and oxygen atoms in total. The van der Waals surface area contributed by atoms with Gasteiger partial charge in [0.05, 0.1) is 7.11 Å². The third-order valence-corrected chi connectivity index (χ3v) is 6.09. The SMILES string of the molecule is COCC(=O)N(CC(C)C)C[C@@H]1CN(Cc2ccc(F)c(F)c2)C[C@H]1c1cccc(OC)c1. The molecule has 1 saturated heterocycles. The number of carbonyl (C=O) groups excluding carboxylic acids is 1. The van der Waals surface area contributed by atoms with Crippen LogP contribution in [0.1, 0.15) is 30.9 Å². The number of benzene rings is 2. The van der Waals surface area contributed by atoms with Crippen molar-refractivity contribution in [1.82, 2.24) is 9.80 Å². The van der Waals surface area contributed by atoms with E-state index in [1.54, 1.807) is 13.2 Å². The van der Waals surface area contributed by atoms with Crippen LogP contribution in [0.3, 0.4) is 0 Å². The Hall–Kier alpha value is -2.51. The fourth-order valence-corrected chi connectivity index (χ4v) is 4.64. The van der Waals surface area contributed by atoms with Crippen LogP contribution >= 0.6 is 0 Å². The van der Waals surface area contributed by atoms with Crippen molar-refractivity contribution in [2.24, 2.45) is 11.8 Å². The molecule has 2 aromatic carbocycles. The molecule has 0 aromatic heterocycles. The van der Waals surface area contributed by atoms with Gasteiger partial charge in [-0.25, -0.2) is 8.78 Å². The second kappa shape index (κ2) is 11.6. The Kier molecular flexibility index (Phi) is 8.80. The molecule has 33 heavy (non-hydrogen) atoms. The monoisotopic (exact) mass is 460 g/mol. The Morgan fingerprint density at radius 3 is 2.58 bits per heavy atom. The van der Waals surface area contributed by atoms with E-state index in [9.17, 15) is 13.6 Å². The zero-order valence-electron chi connectivity index (χ0n) is 19.9. The van der Waals surface area contributed by atoms with Gasteiger partial charge in [0.1, 0.15) is 12.4 Å². The number of carbonyl (C=O) groups is 1. The topological polar surface area (TPSA) is 42.0 Å². The lowest BCUT2D eigenvalue weighted by Crippen LogP contribution is -2.41. The van der Waals surface area contributed by atoms with E-state index in [2.05, 4.69) is 24.8 Å². The fourth-order valence-electron chi connectivity index (χ4n) is 4.64. The molecule has 180 valence electrons. The summed E-state index contributed by atoms with van der Waals surface area (Å²) >= 11 is 0. The minimum Gasteiger partial charge on any atom is -0.497 e. The smallest absolute Gasteiger partial charge is 0.248 e. The zero-order valence-corrected chi connectivity index (χ0v) is 19.9. The average molecular weight is 461 g/mol. The van der Waals surface area contributed by atoms with Crippen LogP contribution in [0.25, 0.3) is 0 Å². The summed E-state index contributed by atoms with van der Waals surface area (Å²) in [5, 5.41) is 0. The van der Waals surface area contributed by atoms with Gasteiger partial charge in [0.15, 0.2) is 11.6 Å². The summed E-state index contributed by atoms with van der Waals surface area (Å²) in [6.45, 7) is 7.53. The Labute approximate surface area is 195 Å². The number of hydrogen-bond acceptors (Lipinski definition) is 4. The molecule has 2 aromatic rings. The van der Waals surface area contributed by atoms with Crippen LogP contribution in [-0.4, -0.2) is 62.7 Å². The van der Waals surface area contributed by atoms with Gasteiger partial charge in [-0.15, -0.1) is 0 Å². The lowest BCUT2D eigenvalue weighted by molar-refractivity contribution is -0.136. The number of ether oxygens (including phenoxy) is 2. The van der Waals surface area contributed by atoms with Crippen molar-refractivity contribution >= 4 is 5.91 Å². The normalized spacial score (nSPS) is 18.6. The van der Waals surface area contributed by atoms with Crippen LogP contribution in [0.5, 0.6) is 5.75 Å². The third-order valence-electron chi connectivity index (χ3n) is 6.09. The lowest BCUT2D eigenvalue weighted by atomic mass is 9.88. The largest absolute Gasteiger partial charge is 0.497 e. The third kappa shape index (κ3) is 6.74. The molecule has 0 aliphatic carbocycles. The molecule has 0 unspecified atom stereocenters. The molecule has 3 rings (SSSR count). The first-order valence-electron chi connectivity index (χ1n) is 11.4. The summed E-state index contributed by atoms with van der Waals surface area (Å²) in [5.74, 6) is -0.207. The quantitative estimate of drug-likeness (QED) is 0.530. The summed E-state index contributed by atoms with van der Waals surface area (Å²) < 4.78 is 37.7. The summed E-state index contributed by atoms with van der Waals surface area (Å²) in [5.41, 5.74) is 1.88. The predicted octanol–water partition coefficient (Wildman–Crippen LogP) is 4.32. The van der Waals surface area contributed by atoms with Crippen molar-refractivity contribution in [3.05, 3.63) is 65.2 Å². The van der Waals surface area contributed by atoms with Crippen LogP contribution in [0.2, 0.25) is 0 Å². The highest BCUT2D eigenvalue weighted by molar-refractivity contribution is 5.77.